The van der Waals surface area contributed by atoms with E-state index < -0.39 is 35.5 Å². The van der Waals surface area contributed by atoms with Gasteiger partial charge in [-0.15, -0.1) is 0 Å². The molecule has 2 rings (SSSR count). The van der Waals surface area contributed by atoms with Crippen molar-refractivity contribution in [2.75, 3.05) is 13.2 Å². The van der Waals surface area contributed by atoms with Crippen molar-refractivity contribution >= 4 is 11.9 Å². The summed E-state index contributed by atoms with van der Waals surface area (Å²) < 4.78 is 5.57. The van der Waals surface area contributed by atoms with E-state index in [0.717, 1.165) is 0 Å². The molecule has 0 aromatic heterocycles. The van der Waals surface area contributed by atoms with E-state index in [2.05, 4.69) is 5.32 Å². The molecule has 1 aliphatic carbocycles. The number of carbonyl (C=O) groups is 2. The third-order valence-corrected chi connectivity index (χ3v) is 4.62. The average Bonchev–Trinajstić information content (AvgIpc) is 2.81. The second-order valence-electron chi connectivity index (χ2n) is 5.82. The molecule has 2 aliphatic rings. The van der Waals surface area contributed by atoms with E-state index in [1.807, 2.05) is 13.8 Å². The highest BCUT2D eigenvalue weighted by molar-refractivity contribution is 5.92. The molecule has 1 aliphatic heterocycles. The van der Waals surface area contributed by atoms with E-state index in [0.29, 0.717) is 13.0 Å². The summed E-state index contributed by atoms with van der Waals surface area (Å²) in [5, 5.41) is 20.1. The Balaban J connectivity index is 2.16. The van der Waals surface area contributed by atoms with Crippen LogP contribution in [0.15, 0.2) is 0 Å². The first-order valence-corrected chi connectivity index (χ1v) is 6.32. The number of nitrogens with two attached hydrogens (primary N) is 1. The van der Waals surface area contributed by atoms with Gasteiger partial charge in [-0.1, -0.05) is 13.8 Å². The summed E-state index contributed by atoms with van der Waals surface area (Å²) in [6, 6.07) is -1.33. The van der Waals surface area contributed by atoms with Crippen molar-refractivity contribution in [1.82, 2.24) is 5.32 Å². The number of aliphatic carboxylic acids is 1. The molecule has 4 unspecified atom stereocenters. The quantitative estimate of drug-likeness (QED) is 0.504. The van der Waals surface area contributed by atoms with Crippen LogP contribution in [0, 0.1) is 11.3 Å². The van der Waals surface area contributed by atoms with E-state index >= 15 is 0 Å². The maximum Gasteiger partial charge on any atom is 0.328 e. The minimum absolute atomic E-state index is 0.0688. The molecule has 0 aromatic rings. The highest BCUT2D eigenvalue weighted by Gasteiger charge is 2.71. The lowest BCUT2D eigenvalue weighted by molar-refractivity contribution is -0.177. The number of aliphatic hydroxyl groups is 1. The van der Waals surface area contributed by atoms with Gasteiger partial charge in [-0.05, 0) is 6.42 Å². The molecule has 19 heavy (non-hydrogen) atoms. The maximum absolute atomic E-state index is 12.3. The molecule has 0 radical (unpaired) electrons. The molecule has 108 valence electrons. The van der Waals surface area contributed by atoms with Gasteiger partial charge in [-0.3, -0.25) is 4.79 Å². The van der Waals surface area contributed by atoms with Crippen molar-refractivity contribution < 1.29 is 24.5 Å². The molecule has 4 atom stereocenters. The van der Waals surface area contributed by atoms with E-state index in [9.17, 15) is 9.59 Å². The molecular weight excluding hydrogens is 252 g/mol. The van der Waals surface area contributed by atoms with Crippen molar-refractivity contribution in [3.8, 4) is 0 Å². The lowest BCUT2D eigenvalue weighted by atomic mass is 9.48. The minimum Gasteiger partial charge on any atom is -0.480 e. The molecule has 0 spiro atoms. The summed E-state index contributed by atoms with van der Waals surface area (Å²) in [4.78, 5) is 23.2. The summed E-state index contributed by atoms with van der Waals surface area (Å²) in [6.45, 7) is 3.58. The van der Waals surface area contributed by atoms with Crippen LogP contribution in [0.3, 0.4) is 0 Å². The normalized spacial score (nSPS) is 37.1. The molecular formula is C12H20N2O5. The predicted octanol–water partition coefficient (Wildman–Crippen LogP) is -1.31. The minimum atomic E-state index is -1.33. The van der Waals surface area contributed by atoms with E-state index in [1.54, 1.807) is 0 Å². The standard InChI is InChI=1S/C12H20N2O5/c1-11(2)8-6(3-4-19-8)12(11,13)10(18)14-7(5-15)9(16)17/h6-8,15H,3-5,13H2,1-2H3,(H,14,18)(H,16,17). The van der Waals surface area contributed by atoms with Gasteiger partial charge in [0.1, 0.15) is 11.6 Å². The fourth-order valence-electron chi connectivity index (χ4n) is 3.31. The Bertz CT molecular complexity index is 411. The lowest BCUT2D eigenvalue weighted by Crippen LogP contribution is -2.80. The second kappa shape index (κ2) is 4.43. The van der Waals surface area contributed by atoms with E-state index in [1.165, 1.54) is 0 Å². The zero-order valence-corrected chi connectivity index (χ0v) is 11.0. The van der Waals surface area contributed by atoms with E-state index in [4.69, 9.17) is 20.7 Å². The van der Waals surface area contributed by atoms with Crippen LogP contribution in [-0.4, -0.2) is 53.0 Å². The Morgan fingerprint density at radius 3 is 2.68 bits per heavy atom. The Kier molecular flexibility index (Phi) is 3.32. The van der Waals surface area contributed by atoms with Gasteiger partial charge in [-0.25, -0.2) is 4.79 Å². The van der Waals surface area contributed by atoms with Crippen LogP contribution in [0.5, 0.6) is 0 Å². The fourth-order valence-corrected chi connectivity index (χ4v) is 3.31. The van der Waals surface area contributed by atoms with Crippen LogP contribution in [0.1, 0.15) is 20.3 Å². The number of amides is 1. The molecule has 7 heteroatoms. The van der Waals surface area contributed by atoms with E-state index in [-0.39, 0.29) is 12.0 Å². The summed E-state index contributed by atoms with van der Waals surface area (Å²) in [6.07, 6.45) is 0.621. The number of hydrogen-bond acceptors (Lipinski definition) is 5. The summed E-state index contributed by atoms with van der Waals surface area (Å²) in [5.41, 5.74) is 4.53. The highest BCUT2D eigenvalue weighted by atomic mass is 16.5. The molecule has 0 bridgehead atoms. The number of fused-ring (bicyclic) bond motifs is 1. The molecule has 1 saturated heterocycles. The first kappa shape index (κ1) is 14.2. The Hall–Kier alpha value is -1.18. The van der Waals surface area contributed by atoms with Crippen LogP contribution in [0.25, 0.3) is 0 Å². The van der Waals surface area contributed by atoms with Gasteiger partial charge in [0.25, 0.3) is 0 Å². The predicted molar refractivity (Wildman–Crippen MR) is 65.2 cm³/mol. The smallest absolute Gasteiger partial charge is 0.328 e. The third kappa shape index (κ3) is 1.76. The third-order valence-electron chi connectivity index (χ3n) is 4.62. The summed E-state index contributed by atoms with van der Waals surface area (Å²) in [5.74, 6) is -1.92. The van der Waals surface area contributed by atoms with Crippen LogP contribution < -0.4 is 11.1 Å². The molecule has 5 N–H and O–H groups in total. The number of rotatable bonds is 4. The number of aliphatic hydroxyl groups excluding tert-OH is 1. The second-order valence-corrected chi connectivity index (χ2v) is 5.82. The highest BCUT2D eigenvalue weighted by Crippen LogP contribution is 2.58. The van der Waals surface area contributed by atoms with Crippen molar-refractivity contribution in [3.63, 3.8) is 0 Å². The zero-order chi connectivity index (χ0) is 14.4. The Labute approximate surface area is 111 Å². The van der Waals surface area contributed by atoms with Crippen LogP contribution in [-0.2, 0) is 14.3 Å². The fraction of sp³-hybridized carbons (Fsp3) is 0.833. The molecule has 0 aromatic carbocycles. The maximum atomic E-state index is 12.3. The molecule has 1 amide bonds. The summed E-state index contributed by atoms with van der Waals surface area (Å²) in [7, 11) is 0. The monoisotopic (exact) mass is 272 g/mol. The van der Waals surface area contributed by atoms with Gasteiger partial charge < -0.3 is 26.0 Å². The molecule has 1 saturated carbocycles. The van der Waals surface area contributed by atoms with Gasteiger partial charge in [0, 0.05) is 17.9 Å². The Morgan fingerprint density at radius 1 is 1.53 bits per heavy atom. The zero-order valence-electron chi connectivity index (χ0n) is 11.0. The van der Waals surface area contributed by atoms with Crippen LogP contribution >= 0.6 is 0 Å². The topological polar surface area (TPSA) is 122 Å². The van der Waals surface area contributed by atoms with Crippen molar-refractivity contribution in [1.29, 1.82) is 0 Å². The molecule has 7 nitrogen and oxygen atoms in total. The Morgan fingerprint density at radius 2 is 2.16 bits per heavy atom. The van der Waals surface area contributed by atoms with Gasteiger partial charge in [-0.2, -0.15) is 0 Å². The number of ether oxygens (including phenoxy) is 1. The van der Waals surface area contributed by atoms with Gasteiger partial charge in [0.15, 0.2) is 0 Å². The molecule has 1 heterocycles. The number of carboxylic acids is 1. The number of hydrogen-bond donors (Lipinski definition) is 4. The average molecular weight is 272 g/mol. The SMILES string of the molecule is CC1(C)C2OCCC2C1(N)C(=O)NC(CO)C(=O)O. The largest absolute Gasteiger partial charge is 0.480 e. The number of carboxylic acid groups (broad SMARTS) is 1. The van der Waals surface area contributed by atoms with Crippen LogP contribution in [0.4, 0.5) is 0 Å². The number of nitrogens with one attached hydrogen (secondary N) is 1. The summed E-state index contributed by atoms with van der Waals surface area (Å²) >= 11 is 0. The molecule has 2 fully saturated rings. The van der Waals surface area contributed by atoms with Crippen molar-refractivity contribution in [2.45, 2.75) is 38.0 Å². The van der Waals surface area contributed by atoms with Gasteiger partial charge in [0.05, 0.1) is 12.7 Å². The number of carbonyl (C=O) groups excluding carboxylic acids is 1. The van der Waals surface area contributed by atoms with Crippen LogP contribution in [0.2, 0.25) is 0 Å². The van der Waals surface area contributed by atoms with Gasteiger partial charge >= 0.3 is 5.97 Å². The van der Waals surface area contributed by atoms with Crippen molar-refractivity contribution in [3.05, 3.63) is 0 Å². The van der Waals surface area contributed by atoms with Crippen molar-refractivity contribution in [2.24, 2.45) is 17.1 Å². The first-order valence-electron chi connectivity index (χ1n) is 6.32. The van der Waals surface area contributed by atoms with Gasteiger partial charge in [0.2, 0.25) is 5.91 Å². The lowest BCUT2D eigenvalue weighted by Gasteiger charge is -2.60. The first-order chi connectivity index (χ1) is 8.76.